The zero-order chi connectivity index (χ0) is 8.81. The molecule has 1 aromatic heterocycles. The third-order valence-electron chi connectivity index (χ3n) is 1.95. The molecule has 0 saturated heterocycles. The Morgan fingerprint density at radius 1 is 1.42 bits per heavy atom. The van der Waals surface area contributed by atoms with Gasteiger partial charge in [-0.25, -0.2) is 4.98 Å². The quantitative estimate of drug-likeness (QED) is 0.711. The van der Waals surface area contributed by atoms with E-state index in [9.17, 15) is 0 Å². The highest BCUT2D eigenvalue weighted by atomic mass is 79.9. The molecule has 68 valence electrons. The van der Waals surface area contributed by atoms with Crippen LogP contribution in [0.25, 0.3) is 0 Å². The normalized spacial score (nSPS) is 10.5. The fourth-order valence-electron chi connectivity index (χ4n) is 1.21. The molecule has 0 radical (unpaired) electrons. The molecule has 1 rings (SSSR count). The molecule has 0 atom stereocenters. The van der Waals surface area contributed by atoms with Crippen molar-refractivity contribution in [1.29, 1.82) is 0 Å². The first-order valence-corrected chi connectivity index (χ1v) is 5.23. The number of unbranched alkanes of at least 4 members (excludes halogenated alkanes) is 3. The molecule has 12 heavy (non-hydrogen) atoms. The summed E-state index contributed by atoms with van der Waals surface area (Å²) in [6.07, 6.45) is 10.1. The van der Waals surface area contributed by atoms with E-state index in [0.29, 0.717) is 0 Å². The summed E-state index contributed by atoms with van der Waals surface area (Å²) in [7, 11) is 0. The molecule has 0 aromatic carbocycles. The van der Waals surface area contributed by atoms with Gasteiger partial charge in [-0.1, -0.05) is 26.2 Å². The summed E-state index contributed by atoms with van der Waals surface area (Å²) in [6, 6.07) is 0. The predicted octanol–water partition coefficient (Wildman–Crippen LogP) is 3.16. The van der Waals surface area contributed by atoms with Crippen molar-refractivity contribution >= 4 is 16.1 Å². The van der Waals surface area contributed by atoms with E-state index in [2.05, 4.69) is 28.1 Å². The molecule has 0 fully saturated rings. The third kappa shape index (κ3) is 2.97. The molecule has 0 aliphatic rings. The van der Waals surface area contributed by atoms with Gasteiger partial charge >= 0.3 is 0 Å². The Bertz CT molecular complexity index is 220. The number of hydrogen-bond donors (Lipinski definition) is 0. The Hall–Kier alpha value is -0.310. The first-order valence-electron chi connectivity index (χ1n) is 4.52. The van der Waals surface area contributed by atoms with Crippen molar-refractivity contribution in [2.24, 2.45) is 0 Å². The molecule has 3 heteroatoms. The lowest BCUT2D eigenvalue weighted by Crippen LogP contribution is -1.89. The SMILES string of the molecule is CCCCCCc1cncn1Br. The summed E-state index contributed by atoms with van der Waals surface area (Å²) in [6.45, 7) is 2.23. The molecular formula is C9H15BrN2. The minimum atomic E-state index is 1.13. The van der Waals surface area contributed by atoms with Gasteiger partial charge in [-0.15, -0.1) is 0 Å². The lowest BCUT2D eigenvalue weighted by molar-refractivity contribution is 0.660. The molecular weight excluding hydrogens is 216 g/mol. The summed E-state index contributed by atoms with van der Waals surface area (Å²) in [4.78, 5) is 4.04. The van der Waals surface area contributed by atoms with Crippen LogP contribution in [0.3, 0.4) is 0 Å². The Morgan fingerprint density at radius 3 is 2.83 bits per heavy atom. The molecule has 0 spiro atoms. The van der Waals surface area contributed by atoms with Crippen LogP contribution in [0.4, 0.5) is 0 Å². The lowest BCUT2D eigenvalue weighted by Gasteiger charge is -1.99. The van der Waals surface area contributed by atoms with Crippen LogP contribution in [0, 0.1) is 0 Å². The van der Waals surface area contributed by atoms with Crippen LogP contribution in [-0.4, -0.2) is 8.58 Å². The molecule has 0 saturated carbocycles. The Morgan fingerprint density at radius 2 is 2.25 bits per heavy atom. The molecule has 1 heterocycles. The Kier molecular flexibility index (Phi) is 4.36. The molecule has 0 aliphatic carbocycles. The summed E-state index contributed by atoms with van der Waals surface area (Å²) < 4.78 is 1.92. The highest BCUT2D eigenvalue weighted by Crippen LogP contribution is 2.09. The molecule has 0 bridgehead atoms. The second-order valence-corrected chi connectivity index (χ2v) is 3.77. The van der Waals surface area contributed by atoms with Crippen LogP contribution in [0.2, 0.25) is 0 Å². The first kappa shape index (κ1) is 9.78. The van der Waals surface area contributed by atoms with Gasteiger partial charge in [0, 0.05) is 11.9 Å². The van der Waals surface area contributed by atoms with Crippen molar-refractivity contribution in [2.45, 2.75) is 39.0 Å². The number of aromatic nitrogens is 2. The van der Waals surface area contributed by atoms with Crippen molar-refractivity contribution in [3.63, 3.8) is 0 Å². The van der Waals surface area contributed by atoms with Crippen molar-refractivity contribution in [2.75, 3.05) is 0 Å². The average Bonchev–Trinajstić information content (AvgIpc) is 2.46. The van der Waals surface area contributed by atoms with Gasteiger partial charge in [-0.3, -0.25) is 3.59 Å². The Balaban J connectivity index is 2.20. The largest absolute Gasteiger partial charge is 0.269 e. The van der Waals surface area contributed by atoms with Gasteiger partial charge in [0.05, 0.1) is 16.1 Å². The first-order chi connectivity index (χ1) is 5.84. The zero-order valence-corrected chi connectivity index (χ0v) is 9.05. The van der Waals surface area contributed by atoms with E-state index in [1.807, 2.05) is 9.79 Å². The number of aryl methyl sites for hydroxylation is 1. The van der Waals surface area contributed by atoms with E-state index in [1.165, 1.54) is 31.4 Å². The highest BCUT2D eigenvalue weighted by molar-refractivity contribution is 9.08. The molecule has 1 aromatic rings. The molecule has 0 amide bonds. The van der Waals surface area contributed by atoms with Crippen LogP contribution in [0.15, 0.2) is 12.5 Å². The number of rotatable bonds is 5. The maximum absolute atomic E-state index is 4.04. The number of hydrogen-bond acceptors (Lipinski definition) is 1. The second-order valence-electron chi connectivity index (χ2n) is 3.01. The van der Waals surface area contributed by atoms with Crippen LogP contribution in [0.1, 0.15) is 38.3 Å². The monoisotopic (exact) mass is 230 g/mol. The van der Waals surface area contributed by atoms with E-state index in [-0.39, 0.29) is 0 Å². The fraction of sp³-hybridized carbons (Fsp3) is 0.667. The van der Waals surface area contributed by atoms with E-state index < -0.39 is 0 Å². The molecule has 0 aliphatic heterocycles. The van der Waals surface area contributed by atoms with Crippen molar-refractivity contribution in [3.8, 4) is 0 Å². The smallest absolute Gasteiger partial charge is 0.105 e. The second kappa shape index (κ2) is 5.36. The van der Waals surface area contributed by atoms with Gasteiger partial charge in [0.1, 0.15) is 6.33 Å². The zero-order valence-electron chi connectivity index (χ0n) is 7.46. The average molecular weight is 231 g/mol. The summed E-state index contributed by atoms with van der Waals surface area (Å²) >= 11 is 3.39. The van der Waals surface area contributed by atoms with Gasteiger partial charge in [0.15, 0.2) is 0 Å². The minimum absolute atomic E-state index is 1.13. The molecule has 0 N–H and O–H groups in total. The molecule has 0 unspecified atom stereocenters. The van der Waals surface area contributed by atoms with Gasteiger partial charge in [0.2, 0.25) is 0 Å². The number of nitrogens with zero attached hydrogens (tertiary/aromatic N) is 2. The summed E-state index contributed by atoms with van der Waals surface area (Å²) in [5, 5.41) is 0. The number of halogens is 1. The lowest BCUT2D eigenvalue weighted by atomic mass is 10.1. The van der Waals surface area contributed by atoms with E-state index in [1.54, 1.807) is 6.33 Å². The van der Waals surface area contributed by atoms with E-state index in [0.717, 1.165) is 6.42 Å². The Labute approximate surface area is 82.3 Å². The maximum Gasteiger partial charge on any atom is 0.105 e. The van der Waals surface area contributed by atoms with Crippen LogP contribution < -0.4 is 0 Å². The van der Waals surface area contributed by atoms with Crippen LogP contribution in [0.5, 0.6) is 0 Å². The van der Waals surface area contributed by atoms with Crippen LogP contribution in [-0.2, 0) is 6.42 Å². The minimum Gasteiger partial charge on any atom is -0.269 e. The van der Waals surface area contributed by atoms with Crippen LogP contribution >= 0.6 is 16.1 Å². The van der Waals surface area contributed by atoms with Crippen molar-refractivity contribution in [1.82, 2.24) is 8.58 Å². The van der Waals surface area contributed by atoms with Gasteiger partial charge in [-0.05, 0) is 12.8 Å². The van der Waals surface area contributed by atoms with Gasteiger partial charge < -0.3 is 0 Å². The molecule has 2 nitrogen and oxygen atoms in total. The fourth-order valence-corrected chi connectivity index (χ4v) is 1.59. The highest BCUT2D eigenvalue weighted by Gasteiger charge is 1.97. The van der Waals surface area contributed by atoms with E-state index >= 15 is 0 Å². The van der Waals surface area contributed by atoms with Crippen molar-refractivity contribution in [3.05, 3.63) is 18.2 Å². The summed E-state index contributed by atoms with van der Waals surface area (Å²) in [5.41, 5.74) is 1.27. The third-order valence-corrected chi connectivity index (χ3v) is 2.59. The summed E-state index contributed by atoms with van der Waals surface area (Å²) in [5.74, 6) is 0. The van der Waals surface area contributed by atoms with Gasteiger partial charge in [-0.2, -0.15) is 0 Å². The van der Waals surface area contributed by atoms with E-state index in [4.69, 9.17) is 0 Å². The standard InChI is InChI=1S/C9H15BrN2/c1-2-3-4-5-6-9-7-11-8-12(9)10/h7-8H,2-6H2,1H3. The maximum atomic E-state index is 4.04. The predicted molar refractivity (Wildman–Crippen MR) is 54.4 cm³/mol. The topological polar surface area (TPSA) is 17.8 Å². The van der Waals surface area contributed by atoms with Crippen molar-refractivity contribution < 1.29 is 0 Å². The number of imidazole rings is 1. The van der Waals surface area contributed by atoms with Gasteiger partial charge in [0.25, 0.3) is 0 Å².